The number of benzene rings is 1. The van der Waals surface area contributed by atoms with Crippen molar-refractivity contribution in [3.05, 3.63) is 61.8 Å². The topological polar surface area (TPSA) is 72.2 Å². The van der Waals surface area contributed by atoms with Crippen molar-refractivity contribution in [2.75, 3.05) is 6.54 Å². The van der Waals surface area contributed by atoms with Gasteiger partial charge in [0.2, 0.25) is 0 Å². The SMILES string of the molecule is Cc1cccc(C(=O)NCCc2cccs2)c1[N+](=O)[O-]. The Bertz CT molecular complexity index is 623. The van der Waals surface area contributed by atoms with Gasteiger partial charge in [0.05, 0.1) is 4.92 Å². The van der Waals surface area contributed by atoms with Gasteiger partial charge in [0.25, 0.3) is 11.6 Å². The average molecular weight is 290 g/mol. The molecule has 0 aliphatic rings. The fourth-order valence-corrected chi connectivity index (χ4v) is 2.64. The summed E-state index contributed by atoms with van der Waals surface area (Å²) in [4.78, 5) is 23.7. The Morgan fingerprint density at radius 1 is 1.35 bits per heavy atom. The van der Waals surface area contributed by atoms with Crippen LogP contribution < -0.4 is 5.32 Å². The summed E-state index contributed by atoms with van der Waals surface area (Å²) in [6, 6.07) is 8.70. The van der Waals surface area contributed by atoms with E-state index in [4.69, 9.17) is 0 Å². The second kappa shape index (κ2) is 6.29. The molecule has 1 N–H and O–H groups in total. The first-order valence-electron chi connectivity index (χ1n) is 6.14. The predicted molar refractivity (Wildman–Crippen MR) is 78.2 cm³/mol. The summed E-state index contributed by atoms with van der Waals surface area (Å²) >= 11 is 1.62. The zero-order valence-corrected chi connectivity index (χ0v) is 11.8. The van der Waals surface area contributed by atoms with E-state index >= 15 is 0 Å². The van der Waals surface area contributed by atoms with E-state index in [9.17, 15) is 14.9 Å². The molecule has 1 amide bonds. The molecule has 6 heteroatoms. The van der Waals surface area contributed by atoms with E-state index in [0.29, 0.717) is 12.1 Å². The first kappa shape index (κ1) is 14.2. The molecule has 0 saturated carbocycles. The summed E-state index contributed by atoms with van der Waals surface area (Å²) in [6.45, 7) is 2.09. The molecule has 1 heterocycles. The third-order valence-corrected chi connectivity index (χ3v) is 3.84. The van der Waals surface area contributed by atoms with E-state index in [1.54, 1.807) is 30.4 Å². The highest BCUT2D eigenvalue weighted by Crippen LogP contribution is 2.22. The molecule has 0 unspecified atom stereocenters. The van der Waals surface area contributed by atoms with Gasteiger partial charge in [0.1, 0.15) is 5.56 Å². The highest BCUT2D eigenvalue weighted by atomic mass is 32.1. The van der Waals surface area contributed by atoms with Crippen molar-refractivity contribution in [3.63, 3.8) is 0 Å². The molecule has 1 aromatic carbocycles. The number of hydrogen-bond donors (Lipinski definition) is 1. The first-order valence-corrected chi connectivity index (χ1v) is 7.02. The van der Waals surface area contributed by atoms with Crippen LogP contribution in [0.4, 0.5) is 5.69 Å². The molecule has 0 atom stereocenters. The summed E-state index contributed by atoms with van der Waals surface area (Å²) < 4.78 is 0. The first-order chi connectivity index (χ1) is 9.59. The average Bonchev–Trinajstić information content (AvgIpc) is 2.91. The minimum absolute atomic E-state index is 0.112. The fraction of sp³-hybridized carbons (Fsp3) is 0.214. The second-order valence-corrected chi connectivity index (χ2v) is 5.35. The lowest BCUT2D eigenvalue weighted by atomic mass is 10.1. The monoisotopic (exact) mass is 290 g/mol. The summed E-state index contributed by atoms with van der Waals surface area (Å²) in [5.74, 6) is -0.406. The van der Waals surface area contributed by atoms with Gasteiger partial charge in [-0.1, -0.05) is 18.2 Å². The van der Waals surface area contributed by atoms with Crippen LogP contribution in [0.25, 0.3) is 0 Å². The van der Waals surface area contributed by atoms with Gasteiger partial charge >= 0.3 is 0 Å². The van der Waals surface area contributed by atoms with Crippen LogP contribution in [0.5, 0.6) is 0 Å². The van der Waals surface area contributed by atoms with Crippen LogP contribution in [0, 0.1) is 17.0 Å². The zero-order valence-electron chi connectivity index (χ0n) is 11.0. The van der Waals surface area contributed by atoms with E-state index in [0.717, 1.165) is 6.42 Å². The third kappa shape index (κ3) is 3.21. The summed E-state index contributed by atoms with van der Waals surface area (Å²) in [5.41, 5.74) is 0.475. The number of para-hydroxylation sites is 1. The van der Waals surface area contributed by atoms with Crippen LogP contribution in [-0.2, 0) is 6.42 Å². The summed E-state index contributed by atoms with van der Waals surface area (Å²) in [5, 5.41) is 15.7. The molecular formula is C14H14N2O3S. The second-order valence-electron chi connectivity index (χ2n) is 4.31. The van der Waals surface area contributed by atoms with E-state index in [1.807, 2.05) is 17.5 Å². The van der Waals surface area contributed by atoms with Crippen LogP contribution in [-0.4, -0.2) is 17.4 Å². The van der Waals surface area contributed by atoms with Crippen LogP contribution in [0.2, 0.25) is 0 Å². The summed E-state index contributed by atoms with van der Waals surface area (Å²) in [6.07, 6.45) is 0.725. The lowest BCUT2D eigenvalue weighted by molar-refractivity contribution is -0.385. The van der Waals surface area contributed by atoms with Crippen molar-refractivity contribution in [3.8, 4) is 0 Å². The number of carbonyl (C=O) groups excluding carboxylic acids is 1. The van der Waals surface area contributed by atoms with Gasteiger partial charge in [-0.05, 0) is 30.9 Å². The molecule has 0 spiro atoms. The lowest BCUT2D eigenvalue weighted by Crippen LogP contribution is -2.26. The standard InChI is InChI=1S/C14H14N2O3S/c1-10-4-2-6-12(13(10)16(18)19)14(17)15-8-7-11-5-3-9-20-11/h2-6,9H,7-8H2,1H3,(H,15,17). The maximum atomic E-state index is 12.0. The van der Waals surface area contributed by atoms with E-state index in [1.165, 1.54) is 10.9 Å². The van der Waals surface area contributed by atoms with Gasteiger partial charge in [0.15, 0.2) is 0 Å². The van der Waals surface area contributed by atoms with Crippen molar-refractivity contribution in [1.29, 1.82) is 0 Å². The summed E-state index contributed by atoms with van der Waals surface area (Å²) in [7, 11) is 0. The van der Waals surface area contributed by atoms with Crippen molar-refractivity contribution < 1.29 is 9.72 Å². The molecule has 0 saturated heterocycles. The molecule has 104 valence electrons. The molecule has 2 rings (SSSR count). The van der Waals surface area contributed by atoms with Crippen molar-refractivity contribution in [1.82, 2.24) is 5.32 Å². The van der Waals surface area contributed by atoms with Gasteiger partial charge in [-0.2, -0.15) is 0 Å². The number of rotatable bonds is 5. The normalized spacial score (nSPS) is 10.2. The fourth-order valence-electron chi connectivity index (χ4n) is 1.93. The number of nitro benzene ring substituents is 1. The molecule has 0 bridgehead atoms. The Morgan fingerprint density at radius 3 is 2.80 bits per heavy atom. The van der Waals surface area contributed by atoms with Gasteiger partial charge in [-0.15, -0.1) is 11.3 Å². The van der Waals surface area contributed by atoms with Gasteiger partial charge in [-0.3, -0.25) is 14.9 Å². The quantitative estimate of drug-likeness (QED) is 0.679. The van der Waals surface area contributed by atoms with Crippen LogP contribution in [0.3, 0.4) is 0 Å². The largest absolute Gasteiger partial charge is 0.351 e. The molecule has 2 aromatic rings. The van der Waals surface area contributed by atoms with Gasteiger partial charge < -0.3 is 5.32 Å². The van der Waals surface area contributed by atoms with E-state index in [2.05, 4.69) is 5.32 Å². The number of thiophene rings is 1. The molecule has 1 aromatic heterocycles. The number of hydrogen-bond acceptors (Lipinski definition) is 4. The van der Waals surface area contributed by atoms with Crippen molar-refractivity contribution in [2.45, 2.75) is 13.3 Å². The van der Waals surface area contributed by atoms with E-state index < -0.39 is 10.8 Å². The molecule has 0 radical (unpaired) electrons. The molecule has 0 fully saturated rings. The van der Waals surface area contributed by atoms with Gasteiger partial charge in [0, 0.05) is 17.0 Å². The zero-order chi connectivity index (χ0) is 14.5. The number of nitro groups is 1. The highest BCUT2D eigenvalue weighted by molar-refractivity contribution is 7.09. The minimum Gasteiger partial charge on any atom is -0.351 e. The molecule has 0 aliphatic carbocycles. The number of nitrogens with zero attached hydrogens (tertiary/aromatic N) is 1. The van der Waals surface area contributed by atoms with Crippen LogP contribution in [0.15, 0.2) is 35.7 Å². The van der Waals surface area contributed by atoms with Crippen LogP contribution in [0.1, 0.15) is 20.8 Å². The Hall–Kier alpha value is -2.21. The predicted octanol–water partition coefficient (Wildman–Crippen LogP) is 2.94. The molecule has 0 aliphatic heterocycles. The Morgan fingerprint density at radius 2 is 2.15 bits per heavy atom. The number of amides is 1. The number of nitrogens with one attached hydrogen (secondary N) is 1. The maximum Gasteiger partial charge on any atom is 0.285 e. The Kier molecular flexibility index (Phi) is 4.47. The number of aryl methyl sites for hydroxylation is 1. The van der Waals surface area contributed by atoms with Crippen molar-refractivity contribution in [2.24, 2.45) is 0 Å². The Labute approximate surface area is 120 Å². The molecule has 20 heavy (non-hydrogen) atoms. The maximum absolute atomic E-state index is 12.0. The van der Waals surface area contributed by atoms with Crippen molar-refractivity contribution >= 4 is 22.9 Å². The third-order valence-electron chi connectivity index (χ3n) is 2.90. The minimum atomic E-state index is -0.510. The molecular weight excluding hydrogens is 276 g/mol. The lowest BCUT2D eigenvalue weighted by Gasteiger charge is -2.06. The van der Waals surface area contributed by atoms with E-state index in [-0.39, 0.29) is 11.3 Å². The molecule has 5 nitrogen and oxygen atoms in total. The Balaban J connectivity index is 2.06. The smallest absolute Gasteiger partial charge is 0.285 e. The highest BCUT2D eigenvalue weighted by Gasteiger charge is 2.21. The van der Waals surface area contributed by atoms with Crippen LogP contribution >= 0.6 is 11.3 Å². The van der Waals surface area contributed by atoms with Gasteiger partial charge in [-0.25, -0.2) is 0 Å². The number of carbonyl (C=O) groups is 1.